The minimum Gasteiger partial charge on any atom is -0.452 e. The van der Waals surface area contributed by atoms with Crippen LogP contribution in [0.3, 0.4) is 0 Å². The molecule has 6 heteroatoms. The smallest absolute Gasteiger partial charge is 0.169 e. The van der Waals surface area contributed by atoms with E-state index in [0.717, 1.165) is 27.5 Å². The molecule has 0 radical (unpaired) electrons. The lowest BCUT2D eigenvalue weighted by Crippen LogP contribution is -2.05. The van der Waals surface area contributed by atoms with Crippen molar-refractivity contribution in [1.29, 1.82) is 0 Å². The second-order valence-corrected chi connectivity index (χ2v) is 5.63. The zero-order chi connectivity index (χ0) is 14.8. The Morgan fingerprint density at radius 1 is 1.19 bits per heavy atom. The van der Waals surface area contributed by atoms with Crippen LogP contribution in [0.1, 0.15) is 18.7 Å². The monoisotopic (exact) mass is 346 g/mol. The number of aryl methyl sites for hydroxylation is 1. The maximum atomic E-state index is 5.55. The lowest BCUT2D eigenvalue weighted by Gasteiger charge is -2.13. The van der Waals surface area contributed by atoms with Crippen LogP contribution in [0, 0.1) is 0 Å². The zero-order valence-electron chi connectivity index (χ0n) is 11.7. The molecule has 1 aromatic carbocycles. The summed E-state index contributed by atoms with van der Waals surface area (Å²) in [5.41, 5.74) is 2.06. The summed E-state index contributed by atoms with van der Waals surface area (Å²) in [5, 5.41) is 11.4. The molecule has 0 fully saturated rings. The van der Waals surface area contributed by atoms with Crippen molar-refractivity contribution in [3.63, 3.8) is 0 Å². The van der Waals surface area contributed by atoms with Crippen LogP contribution in [0.25, 0.3) is 11.4 Å². The molecular weight excluding hydrogens is 332 g/mol. The van der Waals surface area contributed by atoms with Gasteiger partial charge in [0, 0.05) is 18.3 Å². The van der Waals surface area contributed by atoms with Gasteiger partial charge in [-0.15, -0.1) is 10.2 Å². The zero-order valence-corrected chi connectivity index (χ0v) is 13.3. The number of rotatable bonds is 4. The third-order valence-corrected chi connectivity index (χ3v) is 3.68. The van der Waals surface area contributed by atoms with Gasteiger partial charge in [-0.25, -0.2) is 0 Å². The average Bonchev–Trinajstić information content (AvgIpc) is 3.08. The molecule has 21 heavy (non-hydrogen) atoms. The summed E-state index contributed by atoms with van der Waals surface area (Å²) in [6.07, 6.45) is 1.69. The second-order valence-electron chi connectivity index (χ2n) is 4.85. The van der Waals surface area contributed by atoms with Crippen molar-refractivity contribution in [3.05, 3.63) is 53.2 Å². The summed E-state index contributed by atoms with van der Waals surface area (Å²) in [6, 6.07) is 12.0. The summed E-state index contributed by atoms with van der Waals surface area (Å²) in [4.78, 5) is 0. The largest absolute Gasteiger partial charge is 0.452 e. The molecule has 0 saturated heterocycles. The molecule has 0 bridgehead atoms. The number of anilines is 1. The Hall–Kier alpha value is -2.08. The standard InChI is InChI=1S/C15H15BrN4O/c1-10(13-7-8-14(16)21-13)18-12-5-3-11(4-6-12)15-19-17-9-20(15)2/h3-10,18H,1-2H3. The van der Waals surface area contributed by atoms with Gasteiger partial charge in [0.25, 0.3) is 0 Å². The SMILES string of the molecule is CC(Nc1ccc(-c2nncn2C)cc1)c1ccc(Br)o1. The van der Waals surface area contributed by atoms with E-state index in [1.807, 2.05) is 48.0 Å². The second kappa shape index (κ2) is 5.73. The first-order valence-corrected chi connectivity index (χ1v) is 7.39. The van der Waals surface area contributed by atoms with Gasteiger partial charge in [-0.05, 0) is 59.3 Å². The Balaban J connectivity index is 1.74. The maximum absolute atomic E-state index is 5.55. The average molecular weight is 347 g/mol. The summed E-state index contributed by atoms with van der Waals surface area (Å²) in [5.74, 6) is 1.74. The van der Waals surface area contributed by atoms with Gasteiger partial charge in [-0.3, -0.25) is 0 Å². The summed E-state index contributed by atoms with van der Waals surface area (Å²) < 4.78 is 8.18. The fourth-order valence-corrected chi connectivity index (χ4v) is 2.46. The molecule has 1 N–H and O–H groups in total. The molecular formula is C15H15BrN4O. The van der Waals surface area contributed by atoms with E-state index in [1.165, 1.54) is 0 Å². The fraction of sp³-hybridized carbons (Fsp3) is 0.200. The van der Waals surface area contributed by atoms with Crippen LogP contribution >= 0.6 is 15.9 Å². The van der Waals surface area contributed by atoms with Crippen LogP contribution in [0.4, 0.5) is 5.69 Å². The van der Waals surface area contributed by atoms with Gasteiger partial charge in [-0.2, -0.15) is 0 Å². The number of halogens is 1. The van der Waals surface area contributed by atoms with Gasteiger partial charge < -0.3 is 14.3 Å². The van der Waals surface area contributed by atoms with Crippen molar-refractivity contribution in [2.24, 2.45) is 7.05 Å². The quantitative estimate of drug-likeness (QED) is 0.775. The highest BCUT2D eigenvalue weighted by Crippen LogP contribution is 2.25. The summed E-state index contributed by atoms with van der Waals surface area (Å²) in [7, 11) is 1.93. The van der Waals surface area contributed by atoms with Crippen LogP contribution in [0.5, 0.6) is 0 Å². The van der Waals surface area contributed by atoms with Crippen LogP contribution < -0.4 is 5.32 Å². The molecule has 3 aromatic rings. The summed E-state index contributed by atoms with van der Waals surface area (Å²) in [6.45, 7) is 2.06. The highest BCUT2D eigenvalue weighted by atomic mass is 79.9. The van der Waals surface area contributed by atoms with Crippen LogP contribution in [-0.2, 0) is 7.05 Å². The number of nitrogens with zero attached hydrogens (tertiary/aromatic N) is 3. The van der Waals surface area contributed by atoms with E-state index in [2.05, 4.69) is 38.4 Å². The van der Waals surface area contributed by atoms with E-state index in [-0.39, 0.29) is 6.04 Å². The van der Waals surface area contributed by atoms with E-state index < -0.39 is 0 Å². The fourth-order valence-electron chi connectivity index (χ4n) is 2.14. The molecule has 0 aliphatic heterocycles. The number of hydrogen-bond donors (Lipinski definition) is 1. The molecule has 5 nitrogen and oxygen atoms in total. The topological polar surface area (TPSA) is 55.9 Å². The number of aromatic nitrogens is 3. The van der Waals surface area contributed by atoms with Crippen LogP contribution in [0.15, 0.2) is 51.8 Å². The molecule has 0 spiro atoms. The van der Waals surface area contributed by atoms with Gasteiger partial charge in [-0.1, -0.05) is 0 Å². The Labute approximate surface area is 131 Å². The van der Waals surface area contributed by atoms with Gasteiger partial charge >= 0.3 is 0 Å². The highest BCUT2D eigenvalue weighted by Gasteiger charge is 2.10. The van der Waals surface area contributed by atoms with E-state index >= 15 is 0 Å². The van der Waals surface area contributed by atoms with E-state index in [1.54, 1.807) is 6.33 Å². The molecule has 1 atom stereocenters. The first kappa shape index (κ1) is 13.9. The van der Waals surface area contributed by atoms with E-state index in [9.17, 15) is 0 Å². The minimum absolute atomic E-state index is 0.0944. The van der Waals surface area contributed by atoms with Crippen molar-refractivity contribution in [1.82, 2.24) is 14.8 Å². The lowest BCUT2D eigenvalue weighted by atomic mass is 10.1. The Morgan fingerprint density at radius 3 is 2.52 bits per heavy atom. The molecule has 2 heterocycles. The third-order valence-electron chi connectivity index (χ3n) is 3.26. The van der Waals surface area contributed by atoms with E-state index in [4.69, 9.17) is 4.42 Å². The predicted molar refractivity (Wildman–Crippen MR) is 84.9 cm³/mol. The lowest BCUT2D eigenvalue weighted by molar-refractivity contribution is 0.471. The molecule has 0 amide bonds. The molecule has 0 aliphatic rings. The maximum Gasteiger partial charge on any atom is 0.169 e. The minimum atomic E-state index is 0.0944. The van der Waals surface area contributed by atoms with Crippen molar-refractivity contribution in [3.8, 4) is 11.4 Å². The molecule has 0 saturated carbocycles. The molecule has 108 valence electrons. The third kappa shape index (κ3) is 3.00. The van der Waals surface area contributed by atoms with Crippen molar-refractivity contribution < 1.29 is 4.42 Å². The van der Waals surface area contributed by atoms with Crippen molar-refractivity contribution >= 4 is 21.6 Å². The Morgan fingerprint density at radius 2 is 1.95 bits per heavy atom. The highest BCUT2D eigenvalue weighted by molar-refractivity contribution is 9.10. The van der Waals surface area contributed by atoms with Gasteiger partial charge in [0.05, 0.1) is 6.04 Å². The van der Waals surface area contributed by atoms with Gasteiger partial charge in [0.2, 0.25) is 0 Å². The molecule has 3 rings (SSSR count). The molecule has 2 aromatic heterocycles. The summed E-state index contributed by atoms with van der Waals surface area (Å²) >= 11 is 3.31. The Bertz CT molecular complexity index is 732. The van der Waals surface area contributed by atoms with Crippen LogP contribution in [0.2, 0.25) is 0 Å². The van der Waals surface area contributed by atoms with Crippen molar-refractivity contribution in [2.45, 2.75) is 13.0 Å². The molecule has 1 unspecified atom stereocenters. The molecule has 0 aliphatic carbocycles. The van der Waals surface area contributed by atoms with Crippen LogP contribution in [-0.4, -0.2) is 14.8 Å². The van der Waals surface area contributed by atoms with Crippen molar-refractivity contribution in [2.75, 3.05) is 5.32 Å². The first-order valence-electron chi connectivity index (χ1n) is 6.59. The number of hydrogen-bond acceptors (Lipinski definition) is 4. The predicted octanol–water partition coefficient (Wildman–Crippen LogP) is 4.01. The van der Waals surface area contributed by atoms with Gasteiger partial charge in [0.1, 0.15) is 12.1 Å². The van der Waals surface area contributed by atoms with E-state index in [0.29, 0.717) is 0 Å². The van der Waals surface area contributed by atoms with Gasteiger partial charge in [0.15, 0.2) is 10.5 Å². The number of furan rings is 1. The first-order chi connectivity index (χ1) is 10.1. The normalized spacial score (nSPS) is 12.3. The number of benzene rings is 1. The Kier molecular flexibility index (Phi) is 3.79. The number of nitrogens with one attached hydrogen (secondary N) is 1.